The van der Waals surface area contributed by atoms with Gasteiger partial charge in [0, 0.05) is 19.1 Å². The molecule has 2 unspecified atom stereocenters. The molecule has 4 nitrogen and oxygen atoms in total. The van der Waals surface area contributed by atoms with E-state index in [-0.39, 0.29) is 24.1 Å². The van der Waals surface area contributed by atoms with E-state index in [0.717, 1.165) is 19.3 Å². The lowest BCUT2D eigenvalue weighted by Crippen LogP contribution is -2.43. The largest absolute Gasteiger partial charge is 0.448 e. The second-order valence-electron chi connectivity index (χ2n) is 9.54. The van der Waals surface area contributed by atoms with Crippen molar-refractivity contribution in [2.45, 2.75) is 43.9 Å². The molecule has 3 aromatic rings. The maximum atomic E-state index is 13.3. The van der Waals surface area contributed by atoms with E-state index in [2.05, 4.69) is 78.9 Å². The summed E-state index contributed by atoms with van der Waals surface area (Å²) in [6.45, 7) is 1.00. The van der Waals surface area contributed by atoms with Crippen LogP contribution >= 0.6 is 0 Å². The molecule has 2 atom stereocenters. The first kappa shape index (κ1) is 21.2. The van der Waals surface area contributed by atoms with Gasteiger partial charge in [-0.1, -0.05) is 78.9 Å². The minimum atomic E-state index is -0.180. The monoisotopic (exact) mass is 451 g/mol. The normalized spacial score (nSPS) is 20.6. The molecule has 4 heteroatoms. The van der Waals surface area contributed by atoms with Crippen LogP contribution in [0, 0.1) is 0 Å². The van der Waals surface area contributed by atoms with Gasteiger partial charge in [-0.2, -0.15) is 0 Å². The molecular weight excluding hydrogens is 422 g/mol. The minimum absolute atomic E-state index is 0.0931. The number of amides is 1. The van der Waals surface area contributed by atoms with Crippen LogP contribution in [0.4, 0.5) is 4.79 Å². The lowest BCUT2D eigenvalue weighted by molar-refractivity contribution is 0.0866. The predicted octanol–water partition coefficient (Wildman–Crippen LogP) is 6.40. The maximum Gasteiger partial charge on any atom is 0.410 e. The lowest BCUT2D eigenvalue weighted by atomic mass is 9.94. The van der Waals surface area contributed by atoms with E-state index in [4.69, 9.17) is 9.47 Å². The second-order valence-corrected chi connectivity index (χ2v) is 9.54. The predicted molar refractivity (Wildman–Crippen MR) is 133 cm³/mol. The molecule has 1 amide bonds. The van der Waals surface area contributed by atoms with Crippen molar-refractivity contribution in [3.8, 4) is 11.1 Å². The highest BCUT2D eigenvalue weighted by atomic mass is 16.6. The Labute approximate surface area is 200 Å². The zero-order valence-electron chi connectivity index (χ0n) is 19.4. The van der Waals surface area contributed by atoms with Gasteiger partial charge in [0.25, 0.3) is 0 Å². The van der Waals surface area contributed by atoms with Gasteiger partial charge < -0.3 is 9.47 Å². The van der Waals surface area contributed by atoms with Crippen molar-refractivity contribution in [1.29, 1.82) is 0 Å². The van der Waals surface area contributed by atoms with Crippen molar-refractivity contribution in [2.75, 3.05) is 13.7 Å². The van der Waals surface area contributed by atoms with Crippen LogP contribution in [0.5, 0.6) is 0 Å². The van der Waals surface area contributed by atoms with E-state index >= 15 is 0 Å². The molecule has 3 aromatic carbocycles. The van der Waals surface area contributed by atoms with Crippen LogP contribution in [0.15, 0.2) is 78.9 Å². The summed E-state index contributed by atoms with van der Waals surface area (Å²) >= 11 is 0. The van der Waals surface area contributed by atoms with E-state index in [0.29, 0.717) is 13.2 Å². The first-order chi connectivity index (χ1) is 16.7. The van der Waals surface area contributed by atoms with E-state index in [1.165, 1.54) is 39.0 Å². The number of carbonyl (C=O) groups is 1. The van der Waals surface area contributed by atoms with Gasteiger partial charge in [0.1, 0.15) is 6.61 Å². The van der Waals surface area contributed by atoms with Crippen molar-refractivity contribution in [3.05, 3.63) is 101 Å². The van der Waals surface area contributed by atoms with Crippen LogP contribution in [0.1, 0.15) is 47.4 Å². The maximum absolute atomic E-state index is 13.3. The quantitative estimate of drug-likeness (QED) is 0.450. The molecule has 34 heavy (non-hydrogen) atoms. The number of methoxy groups -OCH3 is 1. The van der Waals surface area contributed by atoms with Gasteiger partial charge in [0.15, 0.2) is 0 Å². The number of rotatable bonds is 5. The third kappa shape index (κ3) is 3.63. The fourth-order valence-electron chi connectivity index (χ4n) is 5.98. The molecule has 6 rings (SSSR count). The van der Waals surface area contributed by atoms with Crippen LogP contribution < -0.4 is 0 Å². The summed E-state index contributed by atoms with van der Waals surface area (Å²) in [5, 5.41) is 0. The van der Waals surface area contributed by atoms with Crippen molar-refractivity contribution < 1.29 is 14.3 Å². The Morgan fingerprint density at radius 2 is 1.59 bits per heavy atom. The summed E-state index contributed by atoms with van der Waals surface area (Å²) < 4.78 is 11.2. The van der Waals surface area contributed by atoms with Gasteiger partial charge in [0.2, 0.25) is 0 Å². The fraction of sp³-hybridized carbons (Fsp3) is 0.300. The van der Waals surface area contributed by atoms with Crippen molar-refractivity contribution in [1.82, 2.24) is 4.90 Å². The summed E-state index contributed by atoms with van der Waals surface area (Å²) in [5.41, 5.74) is 8.74. The molecule has 0 spiro atoms. The van der Waals surface area contributed by atoms with Gasteiger partial charge >= 0.3 is 6.09 Å². The first-order valence-electron chi connectivity index (χ1n) is 12.1. The first-order valence-corrected chi connectivity index (χ1v) is 12.1. The summed E-state index contributed by atoms with van der Waals surface area (Å²) in [6, 6.07) is 25.8. The number of benzene rings is 3. The smallest absolute Gasteiger partial charge is 0.410 e. The number of fused-ring (bicyclic) bond motifs is 5. The fourth-order valence-corrected chi connectivity index (χ4v) is 5.98. The number of nitrogens with zero attached hydrogens (tertiary/aromatic N) is 1. The highest BCUT2D eigenvalue weighted by Crippen LogP contribution is 2.45. The molecule has 1 aliphatic carbocycles. The summed E-state index contributed by atoms with van der Waals surface area (Å²) in [5.74, 6) is 0.0931. The standard InChI is InChI=1S/C30H29NO3/c1-33-18-20-10-12-21(13-11-20)22-16-23-14-15-24(17-22)31(23)30(32)34-19-29-27-8-4-2-6-25(27)26-7-3-5-9-28(26)29/h2-13,16,23-24,29H,14-15,17-19H2,1H3. The van der Waals surface area contributed by atoms with Gasteiger partial charge in [-0.25, -0.2) is 4.79 Å². The molecule has 3 aliphatic rings. The molecule has 0 radical (unpaired) electrons. The topological polar surface area (TPSA) is 38.8 Å². The zero-order chi connectivity index (χ0) is 23.1. The average Bonchev–Trinajstić information content (AvgIpc) is 3.34. The highest BCUT2D eigenvalue weighted by Gasteiger charge is 2.41. The van der Waals surface area contributed by atoms with Crippen LogP contribution in [0.3, 0.4) is 0 Å². The molecular formula is C30H29NO3. The van der Waals surface area contributed by atoms with Crippen LogP contribution in [-0.4, -0.2) is 36.8 Å². The number of ether oxygens (including phenoxy) is 2. The Morgan fingerprint density at radius 1 is 0.912 bits per heavy atom. The SMILES string of the molecule is COCc1ccc(C2=CC3CCC(C2)N3C(=O)OCC2c3ccccc3-c3ccccc32)cc1. The molecule has 2 bridgehead atoms. The van der Waals surface area contributed by atoms with Crippen molar-refractivity contribution in [2.24, 2.45) is 0 Å². The van der Waals surface area contributed by atoms with Crippen molar-refractivity contribution in [3.63, 3.8) is 0 Å². The average molecular weight is 452 g/mol. The summed E-state index contributed by atoms with van der Waals surface area (Å²) in [4.78, 5) is 15.2. The van der Waals surface area contributed by atoms with Gasteiger partial charge in [0.05, 0.1) is 12.6 Å². The van der Waals surface area contributed by atoms with E-state index in [9.17, 15) is 4.79 Å². The number of hydrogen-bond acceptors (Lipinski definition) is 3. The van der Waals surface area contributed by atoms with Gasteiger partial charge in [-0.3, -0.25) is 4.90 Å². The number of carbonyl (C=O) groups excluding carboxylic acids is 1. The molecule has 2 aliphatic heterocycles. The Morgan fingerprint density at radius 3 is 2.24 bits per heavy atom. The third-order valence-electron chi connectivity index (χ3n) is 7.58. The highest BCUT2D eigenvalue weighted by molar-refractivity contribution is 5.79. The molecule has 0 saturated carbocycles. The van der Waals surface area contributed by atoms with Crippen LogP contribution in [-0.2, 0) is 16.1 Å². The Balaban J connectivity index is 1.17. The zero-order valence-corrected chi connectivity index (χ0v) is 19.4. The van der Waals surface area contributed by atoms with E-state index < -0.39 is 0 Å². The minimum Gasteiger partial charge on any atom is -0.448 e. The van der Waals surface area contributed by atoms with E-state index in [1.54, 1.807) is 7.11 Å². The van der Waals surface area contributed by atoms with Crippen molar-refractivity contribution >= 4 is 11.7 Å². The number of hydrogen-bond donors (Lipinski definition) is 0. The Kier molecular flexibility index (Phi) is 5.46. The molecule has 1 saturated heterocycles. The molecule has 0 aromatic heterocycles. The molecule has 1 fully saturated rings. The van der Waals surface area contributed by atoms with Crippen LogP contribution in [0.2, 0.25) is 0 Å². The molecule has 0 N–H and O–H groups in total. The van der Waals surface area contributed by atoms with Gasteiger partial charge in [-0.05, 0) is 58.2 Å². The van der Waals surface area contributed by atoms with E-state index in [1.807, 2.05) is 4.90 Å². The summed E-state index contributed by atoms with van der Waals surface area (Å²) in [7, 11) is 1.72. The van der Waals surface area contributed by atoms with Crippen LogP contribution in [0.25, 0.3) is 16.7 Å². The molecule has 2 heterocycles. The lowest BCUT2D eigenvalue weighted by Gasteiger charge is -2.33. The Bertz CT molecular complexity index is 1200. The Hall–Kier alpha value is -3.37. The second kappa shape index (κ2) is 8.77. The summed E-state index contributed by atoms with van der Waals surface area (Å²) in [6.07, 6.45) is 5.00. The molecule has 172 valence electrons. The third-order valence-corrected chi connectivity index (χ3v) is 7.58. The van der Waals surface area contributed by atoms with Gasteiger partial charge in [-0.15, -0.1) is 0 Å².